The van der Waals surface area contributed by atoms with Crippen LogP contribution in [0.1, 0.15) is 33.1 Å². The molecule has 37 heavy (non-hydrogen) atoms. The Morgan fingerprint density at radius 2 is 1.97 bits per heavy atom. The fourth-order valence-electron chi connectivity index (χ4n) is 4.35. The number of nitrogens with zero attached hydrogens (tertiary/aromatic N) is 2. The topological polar surface area (TPSA) is 112 Å². The van der Waals surface area contributed by atoms with Crippen LogP contribution in [0.25, 0.3) is 10.9 Å². The zero-order valence-electron chi connectivity index (χ0n) is 21.1. The molecule has 9 nitrogen and oxygen atoms in total. The number of rotatable bonds is 9. The summed E-state index contributed by atoms with van der Waals surface area (Å²) in [5.41, 5.74) is 0.475. The number of hydrogen-bond acceptors (Lipinski definition) is 7. The Hall–Kier alpha value is -3.02. The van der Waals surface area contributed by atoms with Crippen LogP contribution in [0, 0.1) is 11.2 Å². The largest absolute Gasteiger partial charge is 0.464 e. The molecule has 0 bridgehead atoms. The predicted molar refractivity (Wildman–Crippen MR) is 137 cm³/mol. The molecule has 2 heterocycles. The molecule has 1 saturated heterocycles. The Labute approximate surface area is 215 Å². The molecular formula is C26H31FN4O5S. The molecule has 0 spiro atoms. The number of aromatic nitrogens is 2. The fraction of sp³-hybridized carbons (Fsp3) is 0.462. The Bertz CT molecular complexity index is 1500. The minimum atomic E-state index is -4.17. The van der Waals surface area contributed by atoms with Crippen LogP contribution in [0.4, 0.5) is 4.39 Å². The second kappa shape index (κ2) is 9.38. The van der Waals surface area contributed by atoms with Gasteiger partial charge in [-0.3, -0.25) is 9.36 Å². The van der Waals surface area contributed by atoms with Gasteiger partial charge in [0.05, 0.1) is 30.7 Å². The van der Waals surface area contributed by atoms with E-state index in [0.717, 1.165) is 23.4 Å². The number of ether oxygens (including phenoxy) is 2. The second-order valence-corrected chi connectivity index (χ2v) is 12.2. The van der Waals surface area contributed by atoms with E-state index in [2.05, 4.69) is 15.0 Å². The summed E-state index contributed by atoms with van der Waals surface area (Å²) in [6, 6.07) is 2.10. The maximum absolute atomic E-state index is 15.1. The van der Waals surface area contributed by atoms with E-state index in [9.17, 15) is 13.2 Å². The van der Waals surface area contributed by atoms with E-state index in [-0.39, 0.29) is 35.5 Å². The first-order chi connectivity index (χ1) is 17.5. The molecule has 1 aliphatic heterocycles. The van der Waals surface area contributed by atoms with Gasteiger partial charge < -0.3 is 14.8 Å². The van der Waals surface area contributed by atoms with Crippen LogP contribution in [0.15, 0.2) is 57.4 Å². The molecule has 2 aliphatic carbocycles. The van der Waals surface area contributed by atoms with E-state index in [1.807, 2.05) is 38.3 Å². The molecule has 2 aromatic rings. The Morgan fingerprint density at radius 3 is 2.62 bits per heavy atom. The first kappa shape index (κ1) is 25.6. The summed E-state index contributed by atoms with van der Waals surface area (Å²) in [5, 5.41) is 3.17. The minimum Gasteiger partial charge on any atom is -0.464 e. The summed E-state index contributed by atoms with van der Waals surface area (Å²) in [6.07, 6.45) is 9.71. The molecule has 5 rings (SSSR count). The maximum atomic E-state index is 15.1. The molecule has 0 amide bonds. The molecule has 1 aromatic carbocycles. The number of fused-ring (bicyclic) bond motifs is 1. The van der Waals surface area contributed by atoms with Crippen molar-refractivity contribution >= 4 is 20.9 Å². The van der Waals surface area contributed by atoms with Crippen molar-refractivity contribution in [3.8, 4) is 6.01 Å². The molecule has 11 heteroatoms. The second-order valence-electron chi connectivity index (χ2n) is 10.6. The molecule has 0 atom stereocenters. The van der Waals surface area contributed by atoms with Gasteiger partial charge in [-0.1, -0.05) is 31.2 Å². The van der Waals surface area contributed by atoms with Crippen LogP contribution in [0.3, 0.4) is 0 Å². The van der Waals surface area contributed by atoms with Crippen molar-refractivity contribution in [3.63, 3.8) is 0 Å². The normalized spacial score (nSPS) is 20.0. The molecule has 1 saturated carbocycles. The van der Waals surface area contributed by atoms with Crippen molar-refractivity contribution in [2.75, 3.05) is 26.9 Å². The van der Waals surface area contributed by atoms with Crippen LogP contribution in [-0.4, -0.2) is 50.4 Å². The van der Waals surface area contributed by atoms with Crippen LogP contribution in [0.5, 0.6) is 6.01 Å². The van der Waals surface area contributed by atoms with Gasteiger partial charge in [-0.2, -0.15) is 4.98 Å². The van der Waals surface area contributed by atoms with E-state index < -0.39 is 31.8 Å². The zero-order chi connectivity index (χ0) is 26.4. The van der Waals surface area contributed by atoms with Crippen molar-refractivity contribution in [2.45, 2.75) is 50.1 Å². The molecule has 1 aromatic heterocycles. The van der Waals surface area contributed by atoms with Gasteiger partial charge >= 0.3 is 0 Å². The lowest BCUT2D eigenvalue weighted by Crippen LogP contribution is -2.45. The van der Waals surface area contributed by atoms with Gasteiger partial charge in [-0.25, -0.2) is 17.5 Å². The summed E-state index contributed by atoms with van der Waals surface area (Å²) in [6.45, 7) is 5.21. The molecular weight excluding hydrogens is 499 g/mol. The maximum Gasteiger partial charge on any atom is 0.300 e. The van der Waals surface area contributed by atoms with Gasteiger partial charge in [-0.05, 0) is 31.4 Å². The molecule has 198 valence electrons. The van der Waals surface area contributed by atoms with Crippen LogP contribution >= 0.6 is 0 Å². The highest BCUT2D eigenvalue weighted by Crippen LogP contribution is 2.36. The van der Waals surface area contributed by atoms with Gasteiger partial charge in [0.15, 0.2) is 0 Å². The highest BCUT2D eigenvalue weighted by Gasteiger charge is 2.42. The molecule has 2 fully saturated rings. The van der Waals surface area contributed by atoms with Crippen molar-refractivity contribution in [1.29, 1.82) is 0 Å². The lowest BCUT2D eigenvalue weighted by molar-refractivity contribution is -0.121. The summed E-state index contributed by atoms with van der Waals surface area (Å²) in [4.78, 5) is 17.7. The first-order valence-corrected chi connectivity index (χ1v) is 13.7. The average Bonchev–Trinajstić information content (AvgIpc) is 3.59. The standard InChI is InChI=1S/C26H31FN4O5S/c1-25(14-35-15-25)16-36-24-29-21-12-19(27)22(37(33,34)30-26(2)9-10-26)11-18(21)23(32)31(24)13-17-7-5-4-6-8-20(17)28-3/h4-7,11-12,28,30H,8-10,13-16H2,1-3H3. The van der Waals surface area contributed by atoms with Gasteiger partial charge in [0, 0.05) is 36.2 Å². The van der Waals surface area contributed by atoms with Gasteiger partial charge in [0.25, 0.3) is 11.6 Å². The summed E-state index contributed by atoms with van der Waals surface area (Å²) in [5.74, 6) is -0.975. The highest BCUT2D eigenvalue weighted by atomic mass is 32.2. The van der Waals surface area contributed by atoms with E-state index in [0.29, 0.717) is 32.5 Å². The number of sulfonamides is 1. The quantitative estimate of drug-likeness (QED) is 0.513. The monoisotopic (exact) mass is 530 g/mol. The Morgan fingerprint density at radius 1 is 1.22 bits per heavy atom. The van der Waals surface area contributed by atoms with Gasteiger partial charge in [0.1, 0.15) is 17.3 Å². The predicted octanol–water partition coefficient (Wildman–Crippen LogP) is 2.77. The molecule has 3 aliphatic rings. The first-order valence-electron chi connectivity index (χ1n) is 12.2. The van der Waals surface area contributed by atoms with E-state index in [4.69, 9.17) is 9.47 Å². The summed E-state index contributed by atoms with van der Waals surface area (Å²) in [7, 11) is -2.36. The zero-order valence-corrected chi connectivity index (χ0v) is 22.0. The number of allylic oxidation sites excluding steroid dienone is 5. The Kier molecular flexibility index (Phi) is 6.49. The molecule has 0 unspecified atom stereocenters. The number of nitrogens with one attached hydrogen (secondary N) is 2. The van der Waals surface area contributed by atoms with Gasteiger partial charge in [-0.15, -0.1) is 0 Å². The summed E-state index contributed by atoms with van der Waals surface area (Å²) < 4.78 is 56.2. The highest BCUT2D eigenvalue weighted by molar-refractivity contribution is 7.89. The van der Waals surface area contributed by atoms with E-state index in [1.54, 1.807) is 6.92 Å². The molecule has 2 N–H and O–H groups in total. The SMILES string of the molecule is CNC1=C(Cn2c(OCC3(C)COC3)nc3cc(F)c(S(=O)(=O)NC4(C)CC4)cc3c2=O)C=CC=CC1. The average molecular weight is 531 g/mol. The number of benzene rings is 1. The third kappa shape index (κ3) is 5.21. The summed E-state index contributed by atoms with van der Waals surface area (Å²) >= 11 is 0. The van der Waals surface area contributed by atoms with E-state index in [1.165, 1.54) is 4.57 Å². The van der Waals surface area contributed by atoms with Gasteiger partial charge in [0.2, 0.25) is 10.0 Å². The van der Waals surface area contributed by atoms with Crippen molar-refractivity contribution in [3.05, 3.63) is 63.9 Å². The van der Waals surface area contributed by atoms with Crippen LogP contribution in [0.2, 0.25) is 0 Å². The lowest BCUT2D eigenvalue weighted by Gasteiger charge is -2.37. The molecule has 0 radical (unpaired) electrons. The van der Waals surface area contributed by atoms with Crippen LogP contribution in [-0.2, 0) is 21.3 Å². The lowest BCUT2D eigenvalue weighted by atomic mass is 9.90. The smallest absolute Gasteiger partial charge is 0.300 e. The minimum absolute atomic E-state index is 0.00408. The van der Waals surface area contributed by atoms with E-state index >= 15 is 4.39 Å². The number of halogens is 1. The Balaban J connectivity index is 1.62. The van der Waals surface area contributed by atoms with Crippen LogP contribution < -0.4 is 20.3 Å². The van der Waals surface area contributed by atoms with Crippen molar-refractivity contribution in [1.82, 2.24) is 19.6 Å². The van der Waals surface area contributed by atoms with Crippen molar-refractivity contribution < 1.29 is 22.3 Å². The van der Waals surface area contributed by atoms with Crippen molar-refractivity contribution in [2.24, 2.45) is 5.41 Å². The number of hydrogen-bond donors (Lipinski definition) is 2. The third-order valence-corrected chi connectivity index (χ3v) is 8.63. The third-order valence-electron chi connectivity index (χ3n) is 6.98. The fourth-order valence-corrected chi connectivity index (χ4v) is 5.90.